The Balaban J connectivity index is 3.15. The van der Waals surface area contributed by atoms with Gasteiger partial charge in [-0.05, 0) is 12.1 Å². The van der Waals surface area contributed by atoms with Crippen LogP contribution in [0.15, 0.2) is 17.2 Å². The Morgan fingerprint density at radius 2 is 1.63 bits per heavy atom. The lowest BCUT2D eigenvalue weighted by molar-refractivity contribution is 0.0954. The Kier molecular flexibility index (Phi) is 4.81. The van der Waals surface area contributed by atoms with E-state index in [1.165, 1.54) is 33.5 Å². The number of nitrogens with two attached hydrogens (primary N) is 2. The number of methoxy groups -OCH3 is 3. The van der Waals surface area contributed by atoms with E-state index in [9.17, 15) is 4.79 Å². The molecule has 1 aromatic carbocycles. The Bertz CT molecular complexity index is 472. The number of benzene rings is 1. The van der Waals surface area contributed by atoms with Crippen molar-refractivity contribution in [1.82, 2.24) is 5.43 Å². The second-order valence-corrected chi connectivity index (χ2v) is 3.39. The summed E-state index contributed by atoms with van der Waals surface area (Å²) in [4.78, 5) is 11.8. The number of carbonyl (C=O) groups excluding carboxylic acids is 1. The predicted octanol–water partition coefficient (Wildman–Crippen LogP) is -0.369. The summed E-state index contributed by atoms with van der Waals surface area (Å²) in [5, 5.41) is 3.41. The van der Waals surface area contributed by atoms with Gasteiger partial charge in [0, 0.05) is 5.56 Å². The largest absolute Gasteiger partial charge is 0.493 e. The zero-order valence-electron chi connectivity index (χ0n) is 10.9. The molecule has 0 aromatic heterocycles. The fraction of sp³-hybridized carbons (Fsp3) is 0.273. The molecule has 0 saturated carbocycles. The van der Waals surface area contributed by atoms with Gasteiger partial charge in [-0.2, -0.15) is 0 Å². The van der Waals surface area contributed by atoms with E-state index in [0.717, 1.165) is 0 Å². The highest BCUT2D eigenvalue weighted by Crippen LogP contribution is 2.38. The SMILES string of the molecule is COc1cc(C(=O)NN=C(N)N)cc(OC)c1OC. The Morgan fingerprint density at radius 3 is 2.00 bits per heavy atom. The highest BCUT2D eigenvalue weighted by molar-refractivity contribution is 5.96. The maximum absolute atomic E-state index is 11.8. The quantitative estimate of drug-likeness (QED) is 0.380. The van der Waals surface area contributed by atoms with Crippen molar-refractivity contribution >= 4 is 11.9 Å². The second-order valence-electron chi connectivity index (χ2n) is 3.39. The molecule has 0 heterocycles. The standard InChI is InChI=1S/C11H16N4O4/c1-17-7-4-6(10(16)14-15-11(12)13)5-8(18-2)9(7)19-3/h4-5H,1-3H3,(H,14,16)(H4,12,13,15). The number of amides is 1. The van der Waals surface area contributed by atoms with Crippen LogP contribution in [-0.4, -0.2) is 33.2 Å². The molecular weight excluding hydrogens is 252 g/mol. The zero-order valence-corrected chi connectivity index (χ0v) is 10.9. The van der Waals surface area contributed by atoms with Crippen LogP contribution in [0.3, 0.4) is 0 Å². The molecule has 0 bridgehead atoms. The summed E-state index contributed by atoms with van der Waals surface area (Å²) >= 11 is 0. The van der Waals surface area contributed by atoms with Gasteiger partial charge in [0.2, 0.25) is 11.7 Å². The normalized spacial score (nSPS) is 9.42. The van der Waals surface area contributed by atoms with Crippen molar-refractivity contribution in [3.8, 4) is 17.2 Å². The lowest BCUT2D eigenvalue weighted by atomic mass is 10.1. The predicted molar refractivity (Wildman–Crippen MR) is 69.4 cm³/mol. The molecule has 104 valence electrons. The smallest absolute Gasteiger partial charge is 0.271 e. The van der Waals surface area contributed by atoms with Gasteiger partial charge in [0.05, 0.1) is 21.3 Å². The molecule has 8 heteroatoms. The van der Waals surface area contributed by atoms with Crippen molar-refractivity contribution in [2.75, 3.05) is 21.3 Å². The molecule has 0 aliphatic heterocycles. The number of hydrazone groups is 1. The molecule has 1 aromatic rings. The van der Waals surface area contributed by atoms with Crippen LogP contribution in [0.25, 0.3) is 0 Å². The van der Waals surface area contributed by atoms with E-state index in [2.05, 4.69) is 10.5 Å². The molecule has 19 heavy (non-hydrogen) atoms. The summed E-state index contributed by atoms with van der Waals surface area (Å²) in [7, 11) is 4.38. The average molecular weight is 268 g/mol. The third kappa shape index (κ3) is 3.41. The fourth-order valence-corrected chi connectivity index (χ4v) is 1.39. The Morgan fingerprint density at radius 1 is 1.11 bits per heavy atom. The van der Waals surface area contributed by atoms with Gasteiger partial charge in [0.25, 0.3) is 5.91 Å². The van der Waals surface area contributed by atoms with Crippen molar-refractivity contribution in [2.24, 2.45) is 16.6 Å². The number of nitrogens with one attached hydrogen (secondary N) is 1. The minimum atomic E-state index is -0.507. The summed E-state index contributed by atoms with van der Waals surface area (Å²) in [6.45, 7) is 0. The van der Waals surface area contributed by atoms with Crippen molar-refractivity contribution in [3.63, 3.8) is 0 Å². The molecule has 8 nitrogen and oxygen atoms in total. The second kappa shape index (κ2) is 6.34. The minimum absolute atomic E-state index is 0.249. The maximum Gasteiger partial charge on any atom is 0.271 e. The van der Waals surface area contributed by atoms with Gasteiger partial charge in [0.15, 0.2) is 11.5 Å². The molecule has 1 rings (SSSR count). The van der Waals surface area contributed by atoms with Crippen molar-refractivity contribution in [3.05, 3.63) is 17.7 Å². The van der Waals surface area contributed by atoms with Gasteiger partial charge in [-0.1, -0.05) is 0 Å². The number of rotatable bonds is 5. The van der Waals surface area contributed by atoms with E-state index in [1.54, 1.807) is 0 Å². The molecular formula is C11H16N4O4. The first-order chi connectivity index (χ1) is 9.03. The topological polar surface area (TPSA) is 121 Å². The third-order valence-corrected chi connectivity index (χ3v) is 2.21. The van der Waals surface area contributed by atoms with Crippen LogP contribution in [0, 0.1) is 0 Å². The molecule has 0 aliphatic rings. The number of hydrogen-bond donors (Lipinski definition) is 3. The highest BCUT2D eigenvalue weighted by atomic mass is 16.5. The van der Waals surface area contributed by atoms with Gasteiger partial charge < -0.3 is 25.7 Å². The molecule has 0 radical (unpaired) electrons. The number of guanidine groups is 1. The lowest BCUT2D eigenvalue weighted by Crippen LogP contribution is -2.29. The monoisotopic (exact) mass is 268 g/mol. The summed E-state index contributed by atoms with van der Waals surface area (Å²) in [5.74, 6) is 0.352. The molecule has 0 saturated heterocycles. The lowest BCUT2D eigenvalue weighted by Gasteiger charge is -2.13. The summed E-state index contributed by atoms with van der Waals surface area (Å²) in [5.41, 5.74) is 12.7. The molecule has 0 aliphatic carbocycles. The molecule has 5 N–H and O–H groups in total. The molecule has 0 fully saturated rings. The van der Waals surface area contributed by atoms with E-state index in [-0.39, 0.29) is 11.5 Å². The van der Waals surface area contributed by atoms with Gasteiger partial charge in [-0.15, -0.1) is 5.10 Å². The molecule has 0 atom stereocenters. The number of nitrogens with zero attached hydrogens (tertiary/aromatic N) is 1. The van der Waals surface area contributed by atoms with Crippen LogP contribution in [-0.2, 0) is 0 Å². The van der Waals surface area contributed by atoms with Gasteiger partial charge >= 0.3 is 0 Å². The van der Waals surface area contributed by atoms with Crippen LogP contribution in [0.4, 0.5) is 0 Å². The summed E-state index contributed by atoms with van der Waals surface area (Å²) in [6.07, 6.45) is 0. The number of ether oxygens (including phenoxy) is 3. The van der Waals surface area contributed by atoms with Gasteiger partial charge in [-0.25, -0.2) is 5.43 Å². The molecule has 0 spiro atoms. The first-order valence-electron chi connectivity index (χ1n) is 5.22. The summed E-state index contributed by atoms with van der Waals surface area (Å²) in [6, 6.07) is 2.97. The van der Waals surface area contributed by atoms with Crippen LogP contribution < -0.4 is 31.1 Å². The highest BCUT2D eigenvalue weighted by Gasteiger charge is 2.16. The number of hydrogen-bond acceptors (Lipinski definition) is 5. The number of carbonyl (C=O) groups is 1. The molecule has 0 unspecified atom stereocenters. The van der Waals surface area contributed by atoms with E-state index >= 15 is 0 Å². The van der Waals surface area contributed by atoms with Crippen molar-refractivity contribution < 1.29 is 19.0 Å². The van der Waals surface area contributed by atoms with Gasteiger partial charge in [0.1, 0.15) is 0 Å². The minimum Gasteiger partial charge on any atom is -0.493 e. The van der Waals surface area contributed by atoms with E-state index in [4.69, 9.17) is 25.7 Å². The zero-order chi connectivity index (χ0) is 14.4. The van der Waals surface area contributed by atoms with Gasteiger partial charge in [-0.3, -0.25) is 4.79 Å². The first-order valence-corrected chi connectivity index (χ1v) is 5.22. The molecule has 1 amide bonds. The van der Waals surface area contributed by atoms with E-state index in [1.807, 2.05) is 0 Å². The third-order valence-electron chi connectivity index (χ3n) is 2.21. The van der Waals surface area contributed by atoms with E-state index in [0.29, 0.717) is 17.2 Å². The summed E-state index contributed by atoms with van der Waals surface area (Å²) < 4.78 is 15.4. The first kappa shape index (κ1) is 14.4. The fourth-order valence-electron chi connectivity index (χ4n) is 1.39. The average Bonchev–Trinajstić information content (AvgIpc) is 2.42. The van der Waals surface area contributed by atoms with Crippen LogP contribution in [0.2, 0.25) is 0 Å². The Hall–Kier alpha value is -2.64. The van der Waals surface area contributed by atoms with Crippen LogP contribution in [0.5, 0.6) is 17.2 Å². The van der Waals surface area contributed by atoms with Crippen LogP contribution >= 0.6 is 0 Å². The Labute approximate surface area is 110 Å². The van der Waals surface area contributed by atoms with Crippen molar-refractivity contribution in [1.29, 1.82) is 0 Å². The maximum atomic E-state index is 11.8. The van der Waals surface area contributed by atoms with E-state index < -0.39 is 5.91 Å². The van der Waals surface area contributed by atoms with Crippen molar-refractivity contribution in [2.45, 2.75) is 0 Å². The van der Waals surface area contributed by atoms with Crippen LogP contribution in [0.1, 0.15) is 10.4 Å².